The Morgan fingerprint density at radius 2 is 1.72 bits per heavy atom. The zero-order valence-electron chi connectivity index (χ0n) is 22.8. The number of carbonyl (C=O) groups excluding carboxylic acids is 1. The minimum atomic E-state index is -0.712. The number of thiazole rings is 2. The molecule has 212 valence electrons. The normalized spacial score (nSPS) is 15.0. The molecule has 4 heterocycles. The van der Waals surface area contributed by atoms with Crippen molar-refractivity contribution in [2.45, 2.75) is 22.4 Å². The van der Waals surface area contributed by atoms with Crippen LogP contribution in [-0.4, -0.2) is 22.1 Å². The molecular formula is C33H23N3O4S3. The Kier molecular flexibility index (Phi) is 7.40. The molecule has 0 N–H and O–H groups in total. The van der Waals surface area contributed by atoms with Crippen LogP contribution in [0.15, 0.2) is 126 Å². The van der Waals surface area contributed by atoms with E-state index in [9.17, 15) is 9.59 Å². The Morgan fingerprint density at radius 1 is 0.977 bits per heavy atom. The van der Waals surface area contributed by atoms with Crippen molar-refractivity contribution in [3.05, 3.63) is 139 Å². The first kappa shape index (κ1) is 27.3. The van der Waals surface area contributed by atoms with E-state index in [-0.39, 0.29) is 12.2 Å². The van der Waals surface area contributed by atoms with Crippen molar-refractivity contribution in [1.82, 2.24) is 9.55 Å². The fraction of sp³-hybridized carbons (Fsp3) is 0.0909. The molecule has 3 aromatic carbocycles. The standard InChI is InChI=1S/C33H23N3O4S3/c1-2-39-31(38)27-28(20-11-5-3-6-12-20)35-32-36(29(27)21-13-7-4-8-14-21)30(37)25(41-32)19-22-17-18-26(40-22)43-33-34-23-15-9-10-16-24(23)42-33/h3-19,29H,2H2,1H3/b25-19-/t29-/m0/s1. The summed E-state index contributed by atoms with van der Waals surface area (Å²) in [6, 6.07) is 30.0. The van der Waals surface area contributed by atoms with E-state index in [2.05, 4.69) is 4.98 Å². The largest absolute Gasteiger partial charge is 0.463 e. The topological polar surface area (TPSA) is 86.7 Å². The smallest absolute Gasteiger partial charge is 0.338 e. The molecule has 1 aliphatic heterocycles. The molecule has 0 radical (unpaired) electrons. The fourth-order valence-corrected chi connectivity index (χ4v) is 7.92. The lowest BCUT2D eigenvalue weighted by Gasteiger charge is -2.25. The van der Waals surface area contributed by atoms with Crippen molar-refractivity contribution in [2.75, 3.05) is 6.61 Å². The van der Waals surface area contributed by atoms with Crippen LogP contribution in [0.5, 0.6) is 0 Å². The third kappa shape index (κ3) is 5.29. The van der Waals surface area contributed by atoms with Gasteiger partial charge in [-0.3, -0.25) is 9.36 Å². The van der Waals surface area contributed by atoms with Crippen LogP contribution in [-0.2, 0) is 9.53 Å². The van der Waals surface area contributed by atoms with Gasteiger partial charge in [-0.25, -0.2) is 14.8 Å². The SMILES string of the molecule is CCOC(=O)C1=C(c2ccccc2)N=c2s/c(=C\c3ccc(Sc4nc5ccccc5s4)o3)c(=O)n2[C@H]1c1ccccc1. The molecule has 43 heavy (non-hydrogen) atoms. The van der Waals surface area contributed by atoms with Gasteiger partial charge in [-0.1, -0.05) is 84.1 Å². The van der Waals surface area contributed by atoms with Crippen LogP contribution >= 0.6 is 34.4 Å². The van der Waals surface area contributed by atoms with Crippen molar-refractivity contribution in [1.29, 1.82) is 0 Å². The van der Waals surface area contributed by atoms with Gasteiger partial charge in [0.1, 0.15) is 5.76 Å². The van der Waals surface area contributed by atoms with E-state index in [4.69, 9.17) is 14.1 Å². The molecule has 1 aliphatic rings. The van der Waals surface area contributed by atoms with E-state index in [1.165, 1.54) is 23.1 Å². The first-order chi connectivity index (χ1) is 21.1. The number of nitrogens with zero attached hydrogens (tertiary/aromatic N) is 3. The second kappa shape index (κ2) is 11.6. The van der Waals surface area contributed by atoms with E-state index in [1.54, 1.807) is 28.9 Å². The number of fused-ring (bicyclic) bond motifs is 2. The lowest BCUT2D eigenvalue weighted by atomic mass is 9.93. The summed E-state index contributed by atoms with van der Waals surface area (Å²) in [4.78, 5) is 37.6. The number of furan rings is 1. The molecule has 0 spiro atoms. The maximum Gasteiger partial charge on any atom is 0.338 e. The summed E-state index contributed by atoms with van der Waals surface area (Å²) in [5.74, 6) is 0.0359. The Labute approximate surface area is 258 Å². The molecule has 0 saturated heterocycles. The first-order valence-corrected chi connectivity index (χ1v) is 16.0. The molecule has 7 rings (SSSR count). The number of hydrogen-bond donors (Lipinski definition) is 0. The summed E-state index contributed by atoms with van der Waals surface area (Å²) < 4.78 is 15.6. The molecule has 6 aromatic rings. The lowest BCUT2D eigenvalue weighted by Crippen LogP contribution is -2.39. The number of carbonyl (C=O) groups is 1. The number of ether oxygens (including phenoxy) is 1. The van der Waals surface area contributed by atoms with Crippen molar-refractivity contribution in [3.63, 3.8) is 0 Å². The minimum absolute atomic E-state index is 0.201. The van der Waals surface area contributed by atoms with E-state index in [0.29, 0.717) is 31.5 Å². The molecule has 0 saturated carbocycles. The van der Waals surface area contributed by atoms with Crippen molar-refractivity contribution >= 4 is 62.4 Å². The number of para-hydroxylation sites is 1. The molecule has 0 unspecified atom stereocenters. The van der Waals surface area contributed by atoms with Gasteiger partial charge in [0, 0.05) is 11.6 Å². The summed E-state index contributed by atoms with van der Waals surface area (Å²) >= 11 is 4.31. The van der Waals surface area contributed by atoms with Gasteiger partial charge in [-0.15, -0.1) is 11.3 Å². The Balaban J connectivity index is 1.34. The predicted molar refractivity (Wildman–Crippen MR) is 170 cm³/mol. The van der Waals surface area contributed by atoms with Crippen LogP contribution in [0.2, 0.25) is 0 Å². The second-order valence-corrected chi connectivity index (χ2v) is 12.8. The van der Waals surface area contributed by atoms with Gasteiger partial charge in [0.2, 0.25) is 0 Å². The van der Waals surface area contributed by atoms with Crippen molar-refractivity contribution < 1.29 is 13.9 Å². The van der Waals surface area contributed by atoms with E-state index >= 15 is 0 Å². The van der Waals surface area contributed by atoms with E-state index in [0.717, 1.165) is 25.7 Å². The van der Waals surface area contributed by atoms with Gasteiger partial charge in [-0.05, 0) is 48.5 Å². The number of aromatic nitrogens is 2. The molecule has 10 heteroatoms. The third-order valence-corrected chi connectivity index (χ3v) is 9.83. The summed E-state index contributed by atoms with van der Waals surface area (Å²) in [5.41, 5.74) is 3.07. The van der Waals surface area contributed by atoms with Crippen molar-refractivity contribution in [2.24, 2.45) is 4.99 Å². The molecule has 0 aliphatic carbocycles. The molecule has 1 atom stereocenters. The highest BCUT2D eigenvalue weighted by Gasteiger charge is 2.35. The zero-order chi connectivity index (χ0) is 29.3. The maximum atomic E-state index is 14.0. The van der Waals surface area contributed by atoms with Crippen LogP contribution in [0, 0.1) is 0 Å². The molecule has 3 aromatic heterocycles. The highest BCUT2D eigenvalue weighted by atomic mass is 32.2. The highest BCUT2D eigenvalue weighted by Crippen LogP contribution is 2.36. The first-order valence-electron chi connectivity index (χ1n) is 13.6. The number of hydrogen-bond acceptors (Lipinski definition) is 9. The lowest BCUT2D eigenvalue weighted by molar-refractivity contribution is -0.138. The Morgan fingerprint density at radius 3 is 2.49 bits per heavy atom. The second-order valence-electron chi connectivity index (χ2n) is 9.55. The van der Waals surface area contributed by atoms with E-state index in [1.807, 2.05) is 97.1 Å². The van der Waals surface area contributed by atoms with Crippen LogP contribution in [0.3, 0.4) is 0 Å². The summed E-state index contributed by atoms with van der Waals surface area (Å²) in [7, 11) is 0. The van der Waals surface area contributed by atoms with Crippen LogP contribution in [0.25, 0.3) is 22.0 Å². The summed E-state index contributed by atoms with van der Waals surface area (Å²) in [6.07, 6.45) is 1.73. The highest BCUT2D eigenvalue weighted by molar-refractivity contribution is 8.01. The average molecular weight is 622 g/mol. The van der Waals surface area contributed by atoms with Crippen LogP contribution < -0.4 is 14.9 Å². The predicted octanol–water partition coefficient (Wildman–Crippen LogP) is 6.29. The number of esters is 1. The van der Waals surface area contributed by atoms with Gasteiger partial charge in [0.15, 0.2) is 14.2 Å². The van der Waals surface area contributed by atoms with Crippen LogP contribution in [0.1, 0.15) is 29.9 Å². The quantitative estimate of drug-likeness (QED) is 0.195. The Bertz CT molecular complexity index is 2140. The van der Waals surface area contributed by atoms with Gasteiger partial charge < -0.3 is 9.15 Å². The molecule has 0 fully saturated rings. The third-order valence-electron chi connectivity index (χ3n) is 6.83. The van der Waals surface area contributed by atoms with Crippen LogP contribution in [0.4, 0.5) is 0 Å². The Hall–Kier alpha value is -4.51. The van der Waals surface area contributed by atoms with Gasteiger partial charge in [0.25, 0.3) is 5.56 Å². The van der Waals surface area contributed by atoms with Gasteiger partial charge >= 0.3 is 5.97 Å². The van der Waals surface area contributed by atoms with E-state index < -0.39 is 12.0 Å². The average Bonchev–Trinajstić information content (AvgIpc) is 3.74. The number of rotatable bonds is 7. The van der Waals surface area contributed by atoms with Gasteiger partial charge in [0.05, 0.1) is 38.7 Å². The van der Waals surface area contributed by atoms with Crippen molar-refractivity contribution in [3.8, 4) is 0 Å². The number of benzene rings is 3. The molecular weight excluding hydrogens is 599 g/mol. The summed E-state index contributed by atoms with van der Waals surface area (Å²) in [5, 5.41) is 0.677. The van der Waals surface area contributed by atoms with Gasteiger partial charge in [-0.2, -0.15) is 0 Å². The minimum Gasteiger partial charge on any atom is -0.463 e. The fourth-order valence-electron chi connectivity index (χ4n) is 4.97. The molecule has 0 amide bonds. The monoisotopic (exact) mass is 621 g/mol. The zero-order valence-corrected chi connectivity index (χ0v) is 25.2. The molecule has 7 nitrogen and oxygen atoms in total. The summed E-state index contributed by atoms with van der Waals surface area (Å²) in [6.45, 7) is 1.96. The maximum absolute atomic E-state index is 14.0. The molecule has 0 bridgehead atoms.